The van der Waals surface area contributed by atoms with Gasteiger partial charge in [-0.3, -0.25) is 9.69 Å². The number of carbonyl (C=O) groups excluding carboxylic acids is 1. The minimum absolute atomic E-state index is 0.0841. The summed E-state index contributed by atoms with van der Waals surface area (Å²) < 4.78 is 1.04. The van der Waals surface area contributed by atoms with Gasteiger partial charge in [-0.2, -0.15) is 0 Å². The van der Waals surface area contributed by atoms with Crippen molar-refractivity contribution in [2.75, 3.05) is 19.6 Å². The molecule has 27 heavy (non-hydrogen) atoms. The van der Waals surface area contributed by atoms with E-state index in [1.165, 1.54) is 36.2 Å². The number of likely N-dealkylation sites (tertiary alicyclic amines) is 1. The molecule has 3 aromatic rings. The minimum atomic E-state index is -0.0841. The highest BCUT2D eigenvalue weighted by molar-refractivity contribution is 7.21. The zero-order valence-electron chi connectivity index (χ0n) is 15.2. The maximum absolute atomic E-state index is 12.9. The van der Waals surface area contributed by atoms with E-state index in [9.17, 15) is 4.79 Å². The van der Waals surface area contributed by atoms with Crippen LogP contribution in [0.4, 0.5) is 0 Å². The normalized spacial score (nSPS) is 16.3. The molecule has 0 spiro atoms. The van der Waals surface area contributed by atoms with E-state index in [1.54, 1.807) is 0 Å². The highest BCUT2D eigenvalue weighted by Gasteiger charge is 2.24. The van der Waals surface area contributed by atoms with Crippen LogP contribution < -0.4 is 5.32 Å². The number of halogens is 1. The number of thiophene rings is 1. The molecule has 1 N–H and O–H groups in total. The summed E-state index contributed by atoms with van der Waals surface area (Å²) in [6.07, 6.45) is 3.74. The van der Waals surface area contributed by atoms with Gasteiger partial charge in [0.25, 0.3) is 5.91 Å². The number of hydrogen-bond donors (Lipinski definition) is 1. The lowest BCUT2D eigenvalue weighted by Crippen LogP contribution is -2.40. The average Bonchev–Trinajstić information content (AvgIpc) is 3.07. The highest BCUT2D eigenvalue weighted by Crippen LogP contribution is 2.35. The number of nitrogens with one attached hydrogen (secondary N) is 1. The van der Waals surface area contributed by atoms with Crippen molar-refractivity contribution in [2.45, 2.75) is 25.3 Å². The predicted octanol–water partition coefficient (Wildman–Crippen LogP) is 5.51. The first-order valence-electron chi connectivity index (χ1n) is 9.48. The molecule has 0 radical (unpaired) electrons. The van der Waals surface area contributed by atoms with Crippen molar-refractivity contribution in [3.8, 4) is 0 Å². The molecule has 3 nitrogen and oxygen atoms in total. The highest BCUT2D eigenvalue weighted by atomic mass is 35.5. The van der Waals surface area contributed by atoms with Gasteiger partial charge in [0, 0.05) is 16.6 Å². The summed E-state index contributed by atoms with van der Waals surface area (Å²) in [6, 6.07) is 18.6. The molecule has 0 saturated carbocycles. The lowest BCUT2D eigenvalue weighted by molar-refractivity contribution is 0.0928. The fourth-order valence-corrected chi connectivity index (χ4v) is 5.23. The Kier molecular flexibility index (Phi) is 5.77. The smallest absolute Gasteiger partial charge is 0.262 e. The Morgan fingerprint density at radius 3 is 2.48 bits per heavy atom. The number of nitrogens with zero attached hydrogens (tertiary/aromatic N) is 1. The molecule has 0 aliphatic carbocycles. The van der Waals surface area contributed by atoms with Crippen LogP contribution in [0.5, 0.6) is 0 Å². The molecular formula is C22H23ClN2OS. The molecule has 1 aromatic heterocycles. The fourth-order valence-electron chi connectivity index (χ4n) is 3.79. The molecule has 1 amide bonds. The van der Waals surface area contributed by atoms with Gasteiger partial charge >= 0.3 is 0 Å². The Morgan fingerprint density at radius 2 is 1.74 bits per heavy atom. The molecule has 1 unspecified atom stereocenters. The molecule has 2 aromatic carbocycles. The second-order valence-electron chi connectivity index (χ2n) is 6.97. The van der Waals surface area contributed by atoms with Gasteiger partial charge < -0.3 is 5.32 Å². The Balaban J connectivity index is 1.52. The van der Waals surface area contributed by atoms with Gasteiger partial charge in [0.15, 0.2) is 0 Å². The van der Waals surface area contributed by atoms with Crippen LogP contribution in [0.25, 0.3) is 10.1 Å². The van der Waals surface area contributed by atoms with Crippen LogP contribution in [0.2, 0.25) is 5.02 Å². The summed E-state index contributed by atoms with van der Waals surface area (Å²) in [4.78, 5) is 15.9. The molecule has 4 rings (SSSR count). The van der Waals surface area contributed by atoms with E-state index in [1.807, 2.05) is 30.3 Å². The van der Waals surface area contributed by atoms with Crippen LogP contribution in [0.1, 0.15) is 40.5 Å². The minimum Gasteiger partial charge on any atom is -0.349 e. The first kappa shape index (κ1) is 18.5. The van der Waals surface area contributed by atoms with Crippen LogP contribution in [-0.4, -0.2) is 30.4 Å². The van der Waals surface area contributed by atoms with Gasteiger partial charge in [-0.1, -0.05) is 66.6 Å². The van der Waals surface area contributed by atoms with Crippen molar-refractivity contribution in [1.82, 2.24) is 10.2 Å². The third kappa shape index (κ3) is 4.03. The van der Waals surface area contributed by atoms with Gasteiger partial charge in [0.2, 0.25) is 0 Å². The van der Waals surface area contributed by atoms with Crippen LogP contribution in [0.3, 0.4) is 0 Å². The first-order chi connectivity index (χ1) is 13.2. The van der Waals surface area contributed by atoms with Crippen molar-refractivity contribution in [3.05, 3.63) is 70.1 Å². The number of rotatable bonds is 5. The Labute approximate surface area is 168 Å². The van der Waals surface area contributed by atoms with Gasteiger partial charge in [-0.15, -0.1) is 11.3 Å². The monoisotopic (exact) mass is 398 g/mol. The van der Waals surface area contributed by atoms with Gasteiger partial charge in [-0.25, -0.2) is 0 Å². The van der Waals surface area contributed by atoms with E-state index < -0.39 is 0 Å². The summed E-state index contributed by atoms with van der Waals surface area (Å²) in [5.74, 6) is -0.0841. The molecular weight excluding hydrogens is 376 g/mol. The molecule has 1 atom stereocenters. The van der Waals surface area contributed by atoms with E-state index in [2.05, 4.69) is 34.5 Å². The van der Waals surface area contributed by atoms with Crippen molar-refractivity contribution in [2.24, 2.45) is 0 Å². The zero-order valence-corrected chi connectivity index (χ0v) is 16.7. The van der Waals surface area contributed by atoms with Crippen molar-refractivity contribution < 1.29 is 4.79 Å². The number of benzene rings is 2. The topological polar surface area (TPSA) is 32.3 Å². The van der Waals surface area contributed by atoms with E-state index in [-0.39, 0.29) is 11.9 Å². The van der Waals surface area contributed by atoms with E-state index in [4.69, 9.17) is 11.6 Å². The quantitative estimate of drug-likeness (QED) is 0.614. The Bertz CT molecular complexity index is 918. The molecule has 1 aliphatic rings. The molecule has 140 valence electrons. The number of fused-ring (bicyclic) bond motifs is 1. The Morgan fingerprint density at radius 1 is 1.04 bits per heavy atom. The number of hydrogen-bond acceptors (Lipinski definition) is 3. The Hall–Kier alpha value is -1.88. The third-order valence-corrected chi connectivity index (χ3v) is 6.89. The molecule has 1 aliphatic heterocycles. The van der Waals surface area contributed by atoms with E-state index >= 15 is 0 Å². The third-order valence-electron chi connectivity index (χ3n) is 5.21. The molecule has 1 saturated heterocycles. The van der Waals surface area contributed by atoms with Gasteiger partial charge in [0.05, 0.1) is 11.1 Å². The maximum atomic E-state index is 12.9. The van der Waals surface area contributed by atoms with Crippen molar-refractivity contribution in [3.63, 3.8) is 0 Å². The van der Waals surface area contributed by atoms with Crippen molar-refractivity contribution in [1.29, 1.82) is 0 Å². The summed E-state index contributed by atoms with van der Waals surface area (Å²) >= 11 is 7.93. The lowest BCUT2D eigenvalue weighted by Gasteiger charge is -2.35. The van der Waals surface area contributed by atoms with Crippen molar-refractivity contribution >= 4 is 38.9 Å². The van der Waals surface area contributed by atoms with Gasteiger partial charge in [-0.05, 0) is 37.6 Å². The summed E-state index contributed by atoms with van der Waals surface area (Å²) in [5, 5.41) is 4.65. The van der Waals surface area contributed by atoms with Crippen LogP contribution in [-0.2, 0) is 0 Å². The summed E-state index contributed by atoms with van der Waals surface area (Å²) in [5.41, 5.74) is 1.25. The SMILES string of the molecule is O=C(NCC(c1ccccc1)N1CCCCC1)c1sc2ccccc2c1Cl. The second kappa shape index (κ2) is 8.42. The maximum Gasteiger partial charge on any atom is 0.262 e. The lowest BCUT2D eigenvalue weighted by atomic mass is 10.0. The standard InChI is InChI=1S/C22H23ClN2OS/c23-20-17-11-5-6-12-19(17)27-21(20)22(26)24-15-18(16-9-3-1-4-10-16)25-13-7-2-8-14-25/h1,3-6,9-12,18H,2,7-8,13-15H2,(H,24,26). The molecule has 1 fully saturated rings. The second-order valence-corrected chi connectivity index (χ2v) is 8.40. The van der Waals surface area contributed by atoms with Crippen LogP contribution >= 0.6 is 22.9 Å². The largest absolute Gasteiger partial charge is 0.349 e. The van der Waals surface area contributed by atoms with Gasteiger partial charge in [0.1, 0.15) is 4.88 Å². The first-order valence-corrected chi connectivity index (χ1v) is 10.7. The molecule has 2 heterocycles. The predicted molar refractivity (Wildman–Crippen MR) is 114 cm³/mol. The van der Waals surface area contributed by atoms with E-state index in [0.717, 1.165) is 23.2 Å². The van der Waals surface area contributed by atoms with Crippen LogP contribution in [0.15, 0.2) is 54.6 Å². The van der Waals surface area contributed by atoms with Crippen LogP contribution in [0, 0.1) is 0 Å². The summed E-state index contributed by atoms with van der Waals surface area (Å²) in [6.45, 7) is 2.76. The average molecular weight is 399 g/mol. The zero-order chi connectivity index (χ0) is 18.6. The van der Waals surface area contributed by atoms with E-state index in [0.29, 0.717) is 16.4 Å². The fraction of sp³-hybridized carbons (Fsp3) is 0.318. The number of amides is 1. The number of piperidine rings is 1. The number of carbonyl (C=O) groups is 1. The molecule has 5 heteroatoms. The molecule has 0 bridgehead atoms. The summed E-state index contributed by atoms with van der Waals surface area (Å²) in [7, 11) is 0.